The van der Waals surface area contributed by atoms with Gasteiger partial charge in [0.15, 0.2) is 0 Å². The van der Waals surface area contributed by atoms with Crippen molar-refractivity contribution in [2.24, 2.45) is 17.8 Å². The minimum atomic E-state index is 0.0731. The zero-order valence-corrected chi connectivity index (χ0v) is 12.1. The summed E-state index contributed by atoms with van der Waals surface area (Å²) in [5, 5.41) is 3.37. The Morgan fingerprint density at radius 3 is 2.72 bits per heavy atom. The molecule has 1 saturated heterocycles. The van der Waals surface area contributed by atoms with E-state index in [4.69, 9.17) is 0 Å². The molecule has 3 heteroatoms. The molecule has 0 spiro atoms. The molecule has 1 aliphatic carbocycles. The lowest BCUT2D eigenvalue weighted by atomic mass is 9.80. The molecule has 1 amide bonds. The van der Waals surface area contributed by atoms with Crippen LogP contribution in [-0.4, -0.2) is 30.1 Å². The molecule has 0 radical (unpaired) electrons. The number of hydrogen-bond acceptors (Lipinski definition) is 2. The van der Waals surface area contributed by atoms with Gasteiger partial charge < -0.3 is 4.90 Å². The zero-order chi connectivity index (χ0) is 13.1. The molecule has 3 nitrogen and oxygen atoms in total. The van der Waals surface area contributed by atoms with E-state index >= 15 is 0 Å². The summed E-state index contributed by atoms with van der Waals surface area (Å²) < 4.78 is 0. The fourth-order valence-electron chi connectivity index (χ4n) is 3.36. The van der Waals surface area contributed by atoms with Gasteiger partial charge in [-0.05, 0) is 30.6 Å². The van der Waals surface area contributed by atoms with Crippen molar-refractivity contribution in [2.45, 2.75) is 58.9 Å². The first kappa shape index (κ1) is 13.9. The molecule has 1 aliphatic heterocycles. The summed E-state index contributed by atoms with van der Waals surface area (Å²) in [6, 6.07) is 0.0731. The smallest absolute Gasteiger partial charge is 0.240 e. The van der Waals surface area contributed by atoms with Gasteiger partial charge in [0.1, 0.15) is 0 Å². The average molecular weight is 252 g/mol. The van der Waals surface area contributed by atoms with Gasteiger partial charge in [-0.1, -0.05) is 40.0 Å². The van der Waals surface area contributed by atoms with E-state index in [-0.39, 0.29) is 6.04 Å². The molecule has 1 saturated carbocycles. The maximum atomic E-state index is 12.3. The number of nitrogens with zero attached hydrogens (tertiary/aromatic N) is 1. The second-order valence-corrected chi connectivity index (χ2v) is 6.63. The summed E-state index contributed by atoms with van der Waals surface area (Å²) in [7, 11) is 0. The van der Waals surface area contributed by atoms with Crippen LogP contribution in [0.3, 0.4) is 0 Å². The van der Waals surface area contributed by atoms with E-state index in [1.165, 1.54) is 25.7 Å². The Kier molecular flexibility index (Phi) is 4.66. The van der Waals surface area contributed by atoms with E-state index in [1.54, 1.807) is 0 Å². The van der Waals surface area contributed by atoms with Gasteiger partial charge >= 0.3 is 0 Å². The normalized spacial score (nSPS) is 33.4. The van der Waals surface area contributed by atoms with E-state index in [0.29, 0.717) is 11.8 Å². The van der Waals surface area contributed by atoms with Crippen molar-refractivity contribution in [3.63, 3.8) is 0 Å². The monoisotopic (exact) mass is 252 g/mol. The Labute approximate surface area is 111 Å². The molecule has 3 unspecified atom stereocenters. The van der Waals surface area contributed by atoms with Crippen molar-refractivity contribution in [2.75, 3.05) is 13.2 Å². The summed E-state index contributed by atoms with van der Waals surface area (Å²) in [6.07, 6.45) is 6.34. The molecule has 0 aromatic carbocycles. The van der Waals surface area contributed by atoms with Crippen LogP contribution in [0.4, 0.5) is 0 Å². The van der Waals surface area contributed by atoms with Gasteiger partial charge in [-0.15, -0.1) is 0 Å². The topological polar surface area (TPSA) is 32.3 Å². The van der Waals surface area contributed by atoms with Gasteiger partial charge in [0.05, 0.1) is 12.7 Å². The maximum Gasteiger partial charge on any atom is 0.240 e. The minimum absolute atomic E-state index is 0.0731. The van der Waals surface area contributed by atoms with Crippen LogP contribution in [0.25, 0.3) is 0 Å². The van der Waals surface area contributed by atoms with Gasteiger partial charge in [-0.25, -0.2) is 0 Å². The first-order chi connectivity index (χ1) is 8.58. The van der Waals surface area contributed by atoms with Crippen molar-refractivity contribution in [3.8, 4) is 0 Å². The number of hydrogen-bond donors (Lipinski definition) is 1. The quantitative estimate of drug-likeness (QED) is 0.834. The van der Waals surface area contributed by atoms with E-state index < -0.39 is 0 Å². The van der Waals surface area contributed by atoms with Crippen LogP contribution >= 0.6 is 0 Å². The van der Waals surface area contributed by atoms with Gasteiger partial charge in [-0.2, -0.15) is 0 Å². The average Bonchev–Trinajstić information content (AvgIpc) is 2.64. The van der Waals surface area contributed by atoms with Crippen LogP contribution in [0.2, 0.25) is 0 Å². The van der Waals surface area contributed by atoms with Crippen molar-refractivity contribution in [3.05, 3.63) is 0 Å². The Balaban J connectivity index is 1.85. The van der Waals surface area contributed by atoms with Crippen LogP contribution in [-0.2, 0) is 4.79 Å². The highest BCUT2D eigenvalue weighted by atomic mass is 16.2. The highest BCUT2D eigenvalue weighted by Crippen LogP contribution is 2.30. The van der Waals surface area contributed by atoms with Crippen molar-refractivity contribution >= 4 is 5.91 Å². The van der Waals surface area contributed by atoms with Crippen LogP contribution < -0.4 is 5.32 Å². The second-order valence-electron chi connectivity index (χ2n) is 6.63. The number of rotatable bonds is 4. The minimum Gasteiger partial charge on any atom is -0.328 e. The van der Waals surface area contributed by atoms with Crippen molar-refractivity contribution in [1.29, 1.82) is 0 Å². The molecule has 0 aromatic rings. The van der Waals surface area contributed by atoms with E-state index in [2.05, 4.69) is 31.0 Å². The van der Waals surface area contributed by atoms with Crippen LogP contribution in [0, 0.1) is 17.8 Å². The fraction of sp³-hybridized carbons (Fsp3) is 0.933. The molecular formula is C15H28N2O. The van der Waals surface area contributed by atoms with Gasteiger partial charge in [0.25, 0.3) is 0 Å². The first-order valence-electron chi connectivity index (χ1n) is 7.60. The van der Waals surface area contributed by atoms with E-state index in [0.717, 1.165) is 31.5 Å². The summed E-state index contributed by atoms with van der Waals surface area (Å²) in [6.45, 7) is 8.45. The molecule has 0 bridgehead atoms. The van der Waals surface area contributed by atoms with Crippen LogP contribution in [0.5, 0.6) is 0 Å². The SMILES string of the molecule is CC(C)CC1NCN(CC2CCCCC2C)C1=O. The Morgan fingerprint density at radius 2 is 2.06 bits per heavy atom. The second kappa shape index (κ2) is 6.05. The molecule has 2 aliphatic rings. The summed E-state index contributed by atoms with van der Waals surface area (Å²) >= 11 is 0. The number of carbonyl (C=O) groups is 1. The molecule has 1 heterocycles. The molecule has 18 heavy (non-hydrogen) atoms. The number of carbonyl (C=O) groups excluding carboxylic acids is 1. The number of nitrogens with one attached hydrogen (secondary N) is 1. The lowest BCUT2D eigenvalue weighted by Gasteiger charge is -2.32. The standard InChI is InChI=1S/C15H28N2O/c1-11(2)8-14-15(18)17(10-16-14)9-13-7-5-4-6-12(13)3/h11-14,16H,4-10H2,1-3H3. The Bertz CT molecular complexity index is 290. The van der Waals surface area contributed by atoms with E-state index in [9.17, 15) is 4.79 Å². The van der Waals surface area contributed by atoms with Crippen LogP contribution in [0.1, 0.15) is 52.9 Å². The first-order valence-corrected chi connectivity index (χ1v) is 7.60. The molecule has 2 rings (SSSR count). The largest absolute Gasteiger partial charge is 0.328 e. The highest BCUT2D eigenvalue weighted by molar-refractivity contribution is 5.83. The Morgan fingerprint density at radius 1 is 1.33 bits per heavy atom. The zero-order valence-electron chi connectivity index (χ0n) is 12.1. The third kappa shape index (κ3) is 3.25. The van der Waals surface area contributed by atoms with Crippen molar-refractivity contribution in [1.82, 2.24) is 10.2 Å². The molecule has 0 aromatic heterocycles. The van der Waals surface area contributed by atoms with Gasteiger partial charge in [0.2, 0.25) is 5.91 Å². The summed E-state index contributed by atoms with van der Waals surface area (Å²) in [5.74, 6) is 2.43. The number of amides is 1. The Hall–Kier alpha value is -0.570. The summed E-state index contributed by atoms with van der Waals surface area (Å²) in [4.78, 5) is 14.3. The van der Waals surface area contributed by atoms with Crippen molar-refractivity contribution < 1.29 is 4.79 Å². The third-order valence-electron chi connectivity index (χ3n) is 4.59. The van der Waals surface area contributed by atoms with Gasteiger partial charge in [-0.3, -0.25) is 10.1 Å². The van der Waals surface area contributed by atoms with E-state index in [1.807, 2.05) is 0 Å². The summed E-state index contributed by atoms with van der Waals surface area (Å²) in [5.41, 5.74) is 0. The molecule has 1 N–H and O–H groups in total. The molecular weight excluding hydrogens is 224 g/mol. The fourth-order valence-corrected chi connectivity index (χ4v) is 3.36. The third-order valence-corrected chi connectivity index (χ3v) is 4.59. The molecule has 3 atom stereocenters. The van der Waals surface area contributed by atoms with Crippen LogP contribution in [0.15, 0.2) is 0 Å². The molecule has 104 valence electrons. The maximum absolute atomic E-state index is 12.3. The predicted octanol–water partition coefficient (Wildman–Crippen LogP) is 2.62. The molecule has 2 fully saturated rings. The highest BCUT2D eigenvalue weighted by Gasteiger charge is 2.34. The lowest BCUT2D eigenvalue weighted by Crippen LogP contribution is -2.37. The lowest BCUT2D eigenvalue weighted by molar-refractivity contribution is -0.130. The predicted molar refractivity (Wildman–Crippen MR) is 74.1 cm³/mol. The van der Waals surface area contributed by atoms with Gasteiger partial charge in [0, 0.05) is 6.54 Å².